The molecule has 0 atom stereocenters. The number of rotatable bonds is 5. The van der Waals surface area contributed by atoms with Gasteiger partial charge in [-0.1, -0.05) is 6.07 Å². The molecule has 0 amide bonds. The van der Waals surface area contributed by atoms with Gasteiger partial charge in [-0.05, 0) is 37.3 Å². The maximum Gasteiger partial charge on any atom is 0.126 e. The van der Waals surface area contributed by atoms with E-state index in [2.05, 4.69) is 22.4 Å². The average Bonchev–Trinajstić information content (AvgIpc) is 2.71. The number of nitrogens with zero attached hydrogens (tertiary/aromatic N) is 1. The van der Waals surface area contributed by atoms with Crippen molar-refractivity contribution < 1.29 is 4.74 Å². The minimum Gasteiger partial charge on any atom is -0.385 e. The van der Waals surface area contributed by atoms with E-state index in [-0.39, 0.29) is 0 Å². The molecule has 0 saturated carbocycles. The molecule has 0 unspecified atom stereocenters. The fraction of sp³-hybridized carbons (Fsp3) is 0.583. The van der Waals surface area contributed by atoms with Crippen LogP contribution in [0.25, 0.3) is 0 Å². The molecule has 3 nitrogen and oxygen atoms in total. The molecular weight excluding hydrogens is 188 g/mol. The summed E-state index contributed by atoms with van der Waals surface area (Å²) in [4.78, 5) is 4.60. The highest BCUT2D eigenvalue weighted by Crippen LogP contribution is 2.21. The summed E-state index contributed by atoms with van der Waals surface area (Å²) in [5.41, 5.74) is 2.71. The number of fused-ring (bicyclic) bond motifs is 1. The average molecular weight is 206 g/mol. The van der Waals surface area contributed by atoms with E-state index in [1.54, 1.807) is 7.11 Å². The molecule has 1 N–H and O–H groups in total. The molecule has 3 heteroatoms. The minimum absolute atomic E-state index is 0.804. The Morgan fingerprint density at radius 1 is 1.40 bits per heavy atom. The minimum atomic E-state index is 0.804. The van der Waals surface area contributed by atoms with Crippen LogP contribution in [0.3, 0.4) is 0 Å². The monoisotopic (exact) mass is 206 g/mol. The lowest BCUT2D eigenvalue weighted by atomic mass is 10.2. The number of anilines is 1. The van der Waals surface area contributed by atoms with E-state index in [0.717, 1.165) is 31.8 Å². The van der Waals surface area contributed by atoms with Crippen LogP contribution in [-0.4, -0.2) is 25.2 Å². The normalized spacial score (nSPS) is 13.9. The first-order valence-corrected chi connectivity index (χ1v) is 5.62. The number of hydrogen-bond acceptors (Lipinski definition) is 3. The highest BCUT2D eigenvalue weighted by molar-refractivity contribution is 5.40. The first-order chi connectivity index (χ1) is 7.40. The molecule has 0 saturated heterocycles. The fourth-order valence-electron chi connectivity index (χ4n) is 1.95. The van der Waals surface area contributed by atoms with Gasteiger partial charge in [0, 0.05) is 26.0 Å². The number of ether oxygens (including phenoxy) is 1. The first kappa shape index (κ1) is 10.4. The van der Waals surface area contributed by atoms with Gasteiger partial charge in [-0.3, -0.25) is 0 Å². The van der Waals surface area contributed by atoms with Crippen molar-refractivity contribution >= 4 is 5.82 Å². The van der Waals surface area contributed by atoms with Crippen molar-refractivity contribution in [1.29, 1.82) is 0 Å². The number of pyridine rings is 1. The molecule has 0 aromatic carbocycles. The smallest absolute Gasteiger partial charge is 0.126 e. The Balaban J connectivity index is 1.87. The van der Waals surface area contributed by atoms with Gasteiger partial charge in [-0.15, -0.1) is 0 Å². The maximum atomic E-state index is 4.99. The SMILES string of the molecule is COCCCNc1ccc2c(n1)CCC2. The van der Waals surface area contributed by atoms with E-state index in [9.17, 15) is 0 Å². The van der Waals surface area contributed by atoms with Crippen LogP contribution in [0.1, 0.15) is 24.1 Å². The number of methoxy groups -OCH3 is 1. The van der Waals surface area contributed by atoms with Gasteiger partial charge in [-0.25, -0.2) is 4.98 Å². The van der Waals surface area contributed by atoms with Crippen molar-refractivity contribution in [2.45, 2.75) is 25.7 Å². The van der Waals surface area contributed by atoms with E-state index in [1.807, 2.05) is 0 Å². The highest BCUT2D eigenvalue weighted by atomic mass is 16.5. The number of aromatic nitrogens is 1. The molecule has 15 heavy (non-hydrogen) atoms. The Morgan fingerprint density at radius 2 is 2.33 bits per heavy atom. The molecule has 1 heterocycles. The molecule has 82 valence electrons. The molecular formula is C12H18N2O. The molecule has 1 aliphatic carbocycles. The number of hydrogen-bond donors (Lipinski definition) is 1. The molecule has 1 aromatic rings. The maximum absolute atomic E-state index is 4.99. The third-order valence-corrected chi connectivity index (χ3v) is 2.76. The predicted octanol–water partition coefficient (Wildman–Crippen LogP) is 2.02. The summed E-state index contributed by atoms with van der Waals surface area (Å²) >= 11 is 0. The third-order valence-electron chi connectivity index (χ3n) is 2.76. The first-order valence-electron chi connectivity index (χ1n) is 5.62. The van der Waals surface area contributed by atoms with Crippen molar-refractivity contribution in [2.24, 2.45) is 0 Å². The largest absolute Gasteiger partial charge is 0.385 e. The van der Waals surface area contributed by atoms with Crippen LogP contribution in [0.15, 0.2) is 12.1 Å². The van der Waals surface area contributed by atoms with Crippen LogP contribution >= 0.6 is 0 Å². The second-order valence-electron chi connectivity index (χ2n) is 3.93. The van der Waals surface area contributed by atoms with Gasteiger partial charge in [0.15, 0.2) is 0 Å². The third kappa shape index (κ3) is 2.69. The van der Waals surface area contributed by atoms with Gasteiger partial charge < -0.3 is 10.1 Å². The molecule has 1 aromatic heterocycles. The zero-order valence-electron chi connectivity index (χ0n) is 9.25. The van der Waals surface area contributed by atoms with E-state index in [4.69, 9.17) is 4.74 Å². The van der Waals surface area contributed by atoms with E-state index in [1.165, 1.54) is 24.1 Å². The van der Waals surface area contributed by atoms with Crippen LogP contribution in [0.2, 0.25) is 0 Å². The second kappa shape index (κ2) is 5.12. The molecule has 0 fully saturated rings. The molecule has 0 spiro atoms. The van der Waals surface area contributed by atoms with Crippen molar-refractivity contribution in [1.82, 2.24) is 4.98 Å². The summed E-state index contributed by atoms with van der Waals surface area (Å²) in [6, 6.07) is 4.28. The lowest BCUT2D eigenvalue weighted by Crippen LogP contribution is -2.06. The molecule has 0 bridgehead atoms. The van der Waals surface area contributed by atoms with Gasteiger partial charge in [0.05, 0.1) is 0 Å². The van der Waals surface area contributed by atoms with E-state index in [0.29, 0.717) is 0 Å². The van der Waals surface area contributed by atoms with Gasteiger partial charge in [-0.2, -0.15) is 0 Å². The topological polar surface area (TPSA) is 34.1 Å². The van der Waals surface area contributed by atoms with E-state index < -0.39 is 0 Å². The quantitative estimate of drug-likeness (QED) is 0.748. The van der Waals surface area contributed by atoms with Crippen LogP contribution in [-0.2, 0) is 17.6 Å². The van der Waals surface area contributed by atoms with Crippen molar-refractivity contribution in [3.63, 3.8) is 0 Å². The zero-order valence-corrected chi connectivity index (χ0v) is 9.25. The van der Waals surface area contributed by atoms with Crippen LogP contribution in [0, 0.1) is 0 Å². The summed E-state index contributed by atoms with van der Waals surface area (Å²) in [6.45, 7) is 1.73. The van der Waals surface area contributed by atoms with E-state index >= 15 is 0 Å². The Bertz CT molecular complexity index is 325. The van der Waals surface area contributed by atoms with Crippen molar-refractivity contribution in [3.05, 3.63) is 23.4 Å². The van der Waals surface area contributed by atoms with Gasteiger partial charge in [0.1, 0.15) is 5.82 Å². The predicted molar refractivity (Wildman–Crippen MR) is 61.2 cm³/mol. The number of aryl methyl sites for hydroxylation is 2. The number of nitrogens with one attached hydrogen (secondary N) is 1. The van der Waals surface area contributed by atoms with Crippen LogP contribution < -0.4 is 5.32 Å². The zero-order chi connectivity index (χ0) is 10.5. The Kier molecular flexibility index (Phi) is 3.56. The van der Waals surface area contributed by atoms with Gasteiger partial charge in [0.2, 0.25) is 0 Å². The summed E-state index contributed by atoms with van der Waals surface area (Å²) < 4.78 is 4.99. The lowest BCUT2D eigenvalue weighted by molar-refractivity contribution is 0.198. The molecule has 1 aliphatic rings. The highest BCUT2D eigenvalue weighted by Gasteiger charge is 2.11. The Morgan fingerprint density at radius 3 is 3.20 bits per heavy atom. The van der Waals surface area contributed by atoms with Crippen molar-refractivity contribution in [3.8, 4) is 0 Å². The Hall–Kier alpha value is -1.09. The van der Waals surface area contributed by atoms with Crippen molar-refractivity contribution in [2.75, 3.05) is 25.6 Å². The molecule has 0 radical (unpaired) electrons. The summed E-state index contributed by atoms with van der Waals surface area (Å²) in [5.74, 6) is 1.01. The molecule has 2 rings (SSSR count). The summed E-state index contributed by atoms with van der Waals surface area (Å²) in [7, 11) is 1.73. The summed E-state index contributed by atoms with van der Waals surface area (Å²) in [6.07, 6.45) is 4.62. The standard InChI is InChI=1S/C12H18N2O/c1-15-9-3-8-13-12-7-6-10-4-2-5-11(10)14-12/h6-7H,2-5,8-9H2,1H3,(H,13,14). The van der Waals surface area contributed by atoms with Crippen LogP contribution in [0.5, 0.6) is 0 Å². The Labute approximate surface area is 90.9 Å². The van der Waals surface area contributed by atoms with Crippen LogP contribution in [0.4, 0.5) is 5.82 Å². The van der Waals surface area contributed by atoms with Gasteiger partial charge in [0.25, 0.3) is 0 Å². The second-order valence-corrected chi connectivity index (χ2v) is 3.93. The lowest BCUT2D eigenvalue weighted by Gasteiger charge is -2.06. The van der Waals surface area contributed by atoms with Gasteiger partial charge >= 0.3 is 0 Å². The fourth-order valence-corrected chi connectivity index (χ4v) is 1.95. The molecule has 0 aliphatic heterocycles. The summed E-state index contributed by atoms with van der Waals surface area (Å²) in [5, 5.41) is 3.32.